The number of fused-ring (bicyclic) bond motifs is 2. The van der Waals surface area contributed by atoms with Gasteiger partial charge in [0.15, 0.2) is 11.6 Å². The molecule has 1 saturated carbocycles. The van der Waals surface area contributed by atoms with Crippen LogP contribution in [0.1, 0.15) is 16.9 Å². The largest absolute Gasteiger partial charge is 0.382 e. The number of pyridine rings is 1. The monoisotopic (exact) mass is 335 g/mol. The van der Waals surface area contributed by atoms with Crippen molar-refractivity contribution < 1.29 is 9.18 Å². The molecule has 3 aromatic heterocycles. The maximum atomic E-state index is 13.3. The van der Waals surface area contributed by atoms with Gasteiger partial charge in [0.25, 0.3) is 0 Å². The van der Waals surface area contributed by atoms with Crippen molar-refractivity contribution in [1.29, 1.82) is 0 Å². The molecule has 1 aliphatic carbocycles. The van der Waals surface area contributed by atoms with Crippen LogP contribution in [0.25, 0.3) is 27.7 Å². The van der Waals surface area contributed by atoms with Gasteiger partial charge in [-0.2, -0.15) is 5.10 Å². The van der Waals surface area contributed by atoms with Crippen LogP contribution in [0.5, 0.6) is 0 Å². The Morgan fingerprint density at radius 3 is 2.88 bits per heavy atom. The van der Waals surface area contributed by atoms with Gasteiger partial charge in [0.1, 0.15) is 17.5 Å². The SMILES string of the molecule is Nc1nc2ccc(-c3ccc4[nH]ncc4c3)cn2c1C(=O)[C@@H]1C[C@@H]1F. The highest BCUT2D eigenvalue weighted by Gasteiger charge is 2.45. The van der Waals surface area contributed by atoms with E-state index in [0.29, 0.717) is 5.65 Å². The standard InChI is InChI=1S/C18H14FN5O/c19-13-6-12(13)17(25)16-18(20)22-15-4-2-10(8-24(15)16)9-1-3-14-11(5-9)7-21-23-14/h1-5,7-8,12-13H,6,20H2,(H,21,23)/t12-,13+/m1/s1. The average molecular weight is 335 g/mol. The third kappa shape index (κ3) is 2.12. The average Bonchev–Trinajstić information content (AvgIpc) is 3.04. The quantitative estimate of drug-likeness (QED) is 0.563. The molecule has 0 amide bonds. The summed E-state index contributed by atoms with van der Waals surface area (Å²) in [5.41, 5.74) is 9.62. The molecule has 124 valence electrons. The van der Waals surface area contributed by atoms with Crippen LogP contribution in [0.15, 0.2) is 42.7 Å². The Morgan fingerprint density at radius 1 is 1.28 bits per heavy atom. The number of nitrogens with two attached hydrogens (primary N) is 1. The number of halogens is 1. The lowest BCUT2D eigenvalue weighted by Gasteiger charge is -2.06. The summed E-state index contributed by atoms with van der Waals surface area (Å²) in [5.74, 6) is -0.723. The summed E-state index contributed by atoms with van der Waals surface area (Å²) in [6, 6.07) is 9.67. The molecule has 6 nitrogen and oxygen atoms in total. The molecule has 0 bridgehead atoms. The van der Waals surface area contributed by atoms with Crippen molar-refractivity contribution in [3.05, 3.63) is 48.4 Å². The molecule has 0 saturated heterocycles. The van der Waals surface area contributed by atoms with Crippen LogP contribution >= 0.6 is 0 Å². The number of carbonyl (C=O) groups is 1. The van der Waals surface area contributed by atoms with Gasteiger partial charge in [0, 0.05) is 11.6 Å². The summed E-state index contributed by atoms with van der Waals surface area (Å²) in [5, 5.41) is 7.94. The zero-order chi connectivity index (χ0) is 17.1. The number of rotatable bonds is 3. The van der Waals surface area contributed by atoms with Crippen LogP contribution in [0.4, 0.5) is 10.2 Å². The lowest BCUT2D eigenvalue weighted by molar-refractivity contribution is 0.0952. The van der Waals surface area contributed by atoms with Gasteiger partial charge in [-0.05, 0) is 41.8 Å². The Balaban J connectivity index is 1.66. The molecule has 0 radical (unpaired) electrons. The van der Waals surface area contributed by atoms with Gasteiger partial charge in [-0.1, -0.05) is 6.07 Å². The zero-order valence-corrected chi connectivity index (χ0v) is 13.1. The number of benzene rings is 1. The molecule has 4 aromatic rings. The van der Waals surface area contributed by atoms with Crippen molar-refractivity contribution in [2.45, 2.75) is 12.6 Å². The van der Waals surface area contributed by atoms with Crippen molar-refractivity contribution in [3.63, 3.8) is 0 Å². The molecule has 25 heavy (non-hydrogen) atoms. The number of nitrogens with one attached hydrogen (secondary N) is 1. The molecule has 2 atom stereocenters. The minimum atomic E-state index is -1.07. The molecule has 1 fully saturated rings. The van der Waals surface area contributed by atoms with Gasteiger partial charge in [-0.15, -0.1) is 0 Å². The van der Waals surface area contributed by atoms with E-state index in [-0.39, 0.29) is 23.7 Å². The Labute approximate surface area is 141 Å². The summed E-state index contributed by atoms with van der Waals surface area (Å²) in [7, 11) is 0. The van der Waals surface area contributed by atoms with Gasteiger partial charge < -0.3 is 5.73 Å². The Hall–Kier alpha value is -3.22. The lowest BCUT2D eigenvalue weighted by Crippen LogP contribution is -2.10. The third-order valence-corrected chi connectivity index (χ3v) is 4.70. The van der Waals surface area contributed by atoms with Crippen molar-refractivity contribution in [2.24, 2.45) is 5.92 Å². The number of aromatic amines is 1. The minimum Gasteiger partial charge on any atom is -0.382 e. The van der Waals surface area contributed by atoms with E-state index >= 15 is 0 Å². The number of H-pyrrole nitrogens is 1. The first kappa shape index (κ1) is 14.2. The first-order valence-electron chi connectivity index (χ1n) is 8.01. The maximum absolute atomic E-state index is 13.3. The third-order valence-electron chi connectivity index (χ3n) is 4.70. The van der Waals surface area contributed by atoms with Crippen LogP contribution in [0, 0.1) is 5.92 Å². The topological polar surface area (TPSA) is 89.1 Å². The number of Topliss-reactive ketones (excluding diaryl/α,β-unsaturated/α-hetero) is 1. The number of imidazole rings is 1. The molecule has 1 aromatic carbocycles. The molecule has 0 aliphatic heterocycles. The second-order valence-electron chi connectivity index (χ2n) is 6.39. The number of nitrogens with zero attached hydrogens (tertiary/aromatic N) is 3. The summed E-state index contributed by atoms with van der Waals surface area (Å²) >= 11 is 0. The highest BCUT2D eigenvalue weighted by molar-refractivity contribution is 6.03. The van der Waals surface area contributed by atoms with E-state index in [1.54, 1.807) is 10.6 Å². The Morgan fingerprint density at radius 2 is 2.08 bits per heavy atom. The van der Waals surface area contributed by atoms with Crippen LogP contribution in [-0.2, 0) is 0 Å². The van der Waals surface area contributed by atoms with Crippen molar-refractivity contribution in [1.82, 2.24) is 19.6 Å². The fourth-order valence-corrected chi connectivity index (χ4v) is 3.21. The van der Waals surface area contributed by atoms with Crippen molar-refractivity contribution >= 4 is 28.2 Å². The number of hydrogen-bond donors (Lipinski definition) is 2. The van der Waals surface area contributed by atoms with Gasteiger partial charge in [0.05, 0.1) is 17.6 Å². The highest BCUT2D eigenvalue weighted by Crippen LogP contribution is 2.38. The number of anilines is 1. The summed E-state index contributed by atoms with van der Waals surface area (Å²) < 4.78 is 15.0. The number of hydrogen-bond acceptors (Lipinski definition) is 4. The molecule has 5 rings (SSSR count). The van der Waals surface area contributed by atoms with Crippen LogP contribution in [0.3, 0.4) is 0 Å². The molecule has 3 heterocycles. The molecular formula is C18H14FN5O. The Bertz CT molecular complexity index is 1140. The first-order valence-corrected chi connectivity index (χ1v) is 8.01. The fourth-order valence-electron chi connectivity index (χ4n) is 3.21. The molecule has 0 spiro atoms. The highest BCUT2D eigenvalue weighted by atomic mass is 19.1. The number of ketones is 1. The van der Waals surface area contributed by atoms with E-state index in [1.807, 2.05) is 36.5 Å². The maximum Gasteiger partial charge on any atom is 0.189 e. The summed E-state index contributed by atoms with van der Waals surface area (Å²) in [6.45, 7) is 0. The van der Waals surface area contributed by atoms with E-state index in [1.165, 1.54) is 0 Å². The molecular weight excluding hydrogens is 321 g/mol. The smallest absolute Gasteiger partial charge is 0.189 e. The molecule has 1 aliphatic rings. The predicted octanol–water partition coefficient (Wildman–Crippen LogP) is 3.00. The van der Waals surface area contributed by atoms with E-state index in [0.717, 1.165) is 22.0 Å². The summed E-state index contributed by atoms with van der Waals surface area (Å²) in [4.78, 5) is 16.7. The van der Waals surface area contributed by atoms with Crippen LogP contribution in [-0.4, -0.2) is 31.5 Å². The second-order valence-corrected chi connectivity index (χ2v) is 6.39. The lowest BCUT2D eigenvalue weighted by atomic mass is 10.1. The van der Waals surface area contributed by atoms with E-state index in [4.69, 9.17) is 5.73 Å². The number of carbonyl (C=O) groups excluding carboxylic acids is 1. The van der Waals surface area contributed by atoms with Crippen LogP contribution < -0.4 is 5.73 Å². The normalized spacial score (nSPS) is 19.6. The van der Waals surface area contributed by atoms with Crippen molar-refractivity contribution in [2.75, 3.05) is 5.73 Å². The van der Waals surface area contributed by atoms with E-state index < -0.39 is 12.1 Å². The predicted molar refractivity (Wildman–Crippen MR) is 92.0 cm³/mol. The molecule has 7 heteroatoms. The number of alkyl halides is 1. The van der Waals surface area contributed by atoms with Crippen LogP contribution in [0.2, 0.25) is 0 Å². The molecule has 3 N–H and O–H groups in total. The first-order chi connectivity index (χ1) is 12.1. The van der Waals surface area contributed by atoms with Gasteiger partial charge in [-0.3, -0.25) is 14.3 Å². The fraction of sp³-hybridized carbons (Fsp3) is 0.167. The van der Waals surface area contributed by atoms with Gasteiger partial charge in [-0.25, -0.2) is 9.37 Å². The summed E-state index contributed by atoms with van der Waals surface area (Å²) in [6.07, 6.45) is 2.78. The van der Waals surface area contributed by atoms with Gasteiger partial charge >= 0.3 is 0 Å². The minimum absolute atomic E-state index is 0.145. The van der Waals surface area contributed by atoms with Gasteiger partial charge in [0.2, 0.25) is 0 Å². The number of aromatic nitrogens is 4. The Kier molecular flexibility index (Phi) is 2.77. The molecule has 0 unspecified atom stereocenters. The second kappa shape index (κ2) is 4.89. The van der Waals surface area contributed by atoms with E-state index in [2.05, 4.69) is 15.2 Å². The van der Waals surface area contributed by atoms with E-state index in [9.17, 15) is 9.18 Å². The number of nitrogen functional groups attached to an aromatic ring is 1. The zero-order valence-electron chi connectivity index (χ0n) is 13.1. The van der Waals surface area contributed by atoms with Crippen molar-refractivity contribution in [3.8, 4) is 11.1 Å².